The summed E-state index contributed by atoms with van der Waals surface area (Å²) in [7, 11) is 0. The molecule has 5 heteroatoms. The molecule has 0 radical (unpaired) electrons. The topological polar surface area (TPSA) is 60.2 Å². The lowest BCUT2D eigenvalue weighted by molar-refractivity contribution is 0.114. The average Bonchev–Trinajstić information content (AvgIpc) is 2.83. The highest BCUT2D eigenvalue weighted by Gasteiger charge is 2.30. The van der Waals surface area contributed by atoms with Gasteiger partial charge in [-0.15, -0.1) is 10.2 Å². The van der Waals surface area contributed by atoms with Crippen LogP contribution in [0.25, 0.3) is 0 Å². The number of nitrogens with one attached hydrogen (secondary N) is 1. The van der Waals surface area contributed by atoms with Crippen molar-refractivity contribution in [1.29, 1.82) is 0 Å². The van der Waals surface area contributed by atoms with E-state index in [-0.39, 0.29) is 12.0 Å². The molecule has 1 aliphatic heterocycles. The Morgan fingerprint density at radius 1 is 1.47 bits per heavy atom. The highest BCUT2D eigenvalue weighted by molar-refractivity contribution is 4.97. The monoisotopic (exact) mass is 211 g/mol. The van der Waals surface area contributed by atoms with Gasteiger partial charge in [0.1, 0.15) is 0 Å². The van der Waals surface area contributed by atoms with Crippen LogP contribution in [0.15, 0.2) is 4.42 Å². The van der Waals surface area contributed by atoms with E-state index in [1.807, 2.05) is 13.8 Å². The minimum Gasteiger partial charge on any atom is -0.423 e. The van der Waals surface area contributed by atoms with Crippen LogP contribution in [0.2, 0.25) is 0 Å². The first-order valence-corrected chi connectivity index (χ1v) is 5.46. The predicted molar refractivity (Wildman–Crippen MR) is 54.5 cm³/mol. The molecule has 84 valence electrons. The predicted octanol–water partition coefficient (Wildman–Crippen LogP) is 1.07. The third-order valence-electron chi connectivity index (χ3n) is 2.70. The number of hydrogen-bond donors (Lipinski definition) is 1. The molecule has 0 spiro atoms. The second-order valence-corrected chi connectivity index (χ2v) is 3.79. The molecular weight excluding hydrogens is 194 g/mol. The molecule has 2 rings (SSSR count). The van der Waals surface area contributed by atoms with Crippen molar-refractivity contribution in [3.8, 4) is 0 Å². The fourth-order valence-electron chi connectivity index (χ4n) is 1.78. The van der Waals surface area contributed by atoms with Crippen molar-refractivity contribution in [2.75, 3.05) is 13.2 Å². The van der Waals surface area contributed by atoms with Gasteiger partial charge in [-0.25, -0.2) is 0 Å². The van der Waals surface area contributed by atoms with Gasteiger partial charge >= 0.3 is 0 Å². The summed E-state index contributed by atoms with van der Waals surface area (Å²) < 4.78 is 11.0. The van der Waals surface area contributed by atoms with Crippen LogP contribution in [0.1, 0.15) is 38.0 Å². The van der Waals surface area contributed by atoms with Crippen molar-refractivity contribution in [1.82, 2.24) is 15.5 Å². The van der Waals surface area contributed by atoms with Gasteiger partial charge in [0.2, 0.25) is 11.8 Å². The maximum absolute atomic E-state index is 5.58. The van der Waals surface area contributed by atoms with E-state index >= 15 is 0 Å². The van der Waals surface area contributed by atoms with E-state index in [0.29, 0.717) is 18.3 Å². The van der Waals surface area contributed by atoms with E-state index in [0.717, 1.165) is 19.6 Å². The van der Waals surface area contributed by atoms with Gasteiger partial charge < -0.3 is 14.5 Å². The fourth-order valence-corrected chi connectivity index (χ4v) is 1.78. The molecule has 1 aliphatic rings. The highest BCUT2D eigenvalue weighted by Crippen LogP contribution is 2.29. The Morgan fingerprint density at radius 3 is 3.00 bits per heavy atom. The number of rotatable bonds is 4. The molecule has 15 heavy (non-hydrogen) atoms. The lowest BCUT2D eigenvalue weighted by Crippen LogP contribution is -2.12. The van der Waals surface area contributed by atoms with Gasteiger partial charge in [-0.05, 0) is 19.9 Å². The summed E-state index contributed by atoms with van der Waals surface area (Å²) in [5, 5.41) is 11.2. The Balaban J connectivity index is 1.99. The first kappa shape index (κ1) is 10.6. The number of aromatic nitrogens is 2. The zero-order valence-electron chi connectivity index (χ0n) is 9.19. The molecule has 2 unspecified atom stereocenters. The largest absolute Gasteiger partial charge is 0.423 e. The Kier molecular flexibility index (Phi) is 3.33. The normalized spacial score (nSPS) is 26.0. The molecule has 1 aromatic rings. The number of ether oxygens (including phenoxy) is 1. The van der Waals surface area contributed by atoms with Gasteiger partial charge in [-0.1, -0.05) is 6.92 Å². The molecule has 0 aliphatic carbocycles. The van der Waals surface area contributed by atoms with Crippen molar-refractivity contribution >= 4 is 0 Å². The standard InChI is InChI=1S/C10H17N3O2/c1-3-11-6-9-12-13-10(15-9)8-4-5-14-7(8)2/h7-8,11H,3-6H2,1-2H3. The summed E-state index contributed by atoms with van der Waals surface area (Å²) in [6.45, 7) is 6.43. The van der Waals surface area contributed by atoms with Crippen molar-refractivity contribution < 1.29 is 9.15 Å². The molecule has 0 bridgehead atoms. The van der Waals surface area contributed by atoms with Crippen molar-refractivity contribution in [3.63, 3.8) is 0 Å². The molecule has 1 aromatic heterocycles. The molecule has 2 atom stereocenters. The Hall–Kier alpha value is -0.940. The molecule has 2 heterocycles. The summed E-state index contributed by atoms with van der Waals surface area (Å²) in [4.78, 5) is 0. The Bertz CT molecular complexity index is 313. The van der Waals surface area contributed by atoms with Crippen LogP contribution < -0.4 is 5.32 Å². The van der Waals surface area contributed by atoms with Crippen LogP contribution in [0.3, 0.4) is 0 Å². The second kappa shape index (κ2) is 4.72. The van der Waals surface area contributed by atoms with Crippen molar-refractivity contribution in [2.24, 2.45) is 0 Å². The van der Waals surface area contributed by atoms with Gasteiger partial charge in [0.15, 0.2) is 0 Å². The fraction of sp³-hybridized carbons (Fsp3) is 0.800. The van der Waals surface area contributed by atoms with Gasteiger partial charge in [-0.3, -0.25) is 0 Å². The zero-order chi connectivity index (χ0) is 10.7. The maximum Gasteiger partial charge on any atom is 0.230 e. The van der Waals surface area contributed by atoms with Crippen molar-refractivity contribution in [3.05, 3.63) is 11.8 Å². The highest BCUT2D eigenvalue weighted by atomic mass is 16.5. The van der Waals surface area contributed by atoms with E-state index < -0.39 is 0 Å². The molecule has 1 saturated heterocycles. The van der Waals surface area contributed by atoms with Gasteiger partial charge in [0, 0.05) is 6.61 Å². The lowest BCUT2D eigenvalue weighted by Gasteiger charge is -2.08. The maximum atomic E-state index is 5.58. The number of nitrogens with zero attached hydrogens (tertiary/aromatic N) is 2. The average molecular weight is 211 g/mol. The van der Waals surface area contributed by atoms with E-state index in [1.165, 1.54) is 0 Å². The smallest absolute Gasteiger partial charge is 0.230 e. The van der Waals surface area contributed by atoms with Crippen LogP contribution in [0.4, 0.5) is 0 Å². The quantitative estimate of drug-likeness (QED) is 0.807. The molecule has 0 saturated carbocycles. The lowest BCUT2D eigenvalue weighted by atomic mass is 10.0. The first-order valence-electron chi connectivity index (χ1n) is 5.46. The summed E-state index contributed by atoms with van der Waals surface area (Å²) in [6, 6.07) is 0. The van der Waals surface area contributed by atoms with Gasteiger partial charge in [0.25, 0.3) is 0 Å². The third kappa shape index (κ3) is 2.35. The first-order chi connectivity index (χ1) is 7.31. The van der Waals surface area contributed by atoms with E-state index in [2.05, 4.69) is 15.5 Å². The Morgan fingerprint density at radius 2 is 2.33 bits per heavy atom. The van der Waals surface area contributed by atoms with Crippen LogP contribution >= 0.6 is 0 Å². The van der Waals surface area contributed by atoms with Gasteiger partial charge in [0.05, 0.1) is 18.6 Å². The molecule has 0 aromatic carbocycles. The van der Waals surface area contributed by atoms with Crippen LogP contribution in [0, 0.1) is 0 Å². The Labute approximate surface area is 89.2 Å². The molecule has 1 N–H and O–H groups in total. The number of hydrogen-bond acceptors (Lipinski definition) is 5. The summed E-state index contributed by atoms with van der Waals surface area (Å²) in [6.07, 6.45) is 1.17. The van der Waals surface area contributed by atoms with Gasteiger partial charge in [-0.2, -0.15) is 0 Å². The van der Waals surface area contributed by atoms with Crippen LogP contribution in [0.5, 0.6) is 0 Å². The molecule has 0 amide bonds. The van der Waals surface area contributed by atoms with Crippen LogP contribution in [-0.4, -0.2) is 29.5 Å². The summed E-state index contributed by atoms with van der Waals surface area (Å²) in [5.74, 6) is 1.65. The minimum atomic E-state index is 0.192. The van der Waals surface area contributed by atoms with Crippen molar-refractivity contribution in [2.45, 2.75) is 38.8 Å². The third-order valence-corrected chi connectivity index (χ3v) is 2.70. The van der Waals surface area contributed by atoms with E-state index in [1.54, 1.807) is 0 Å². The molecule has 5 nitrogen and oxygen atoms in total. The van der Waals surface area contributed by atoms with E-state index in [9.17, 15) is 0 Å². The second-order valence-electron chi connectivity index (χ2n) is 3.79. The molecular formula is C10H17N3O2. The summed E-state index contributed by atoms with van der Waals surface area (Å²) in [5.41, 5.74) is 0. The summed E-state index contributed by atoms with van der Waals surface area (Å²) >= 11 is 0. The minimum absolute atomic E-state index is 0.192. The van der Waals surface area contributed by atoms with Crippen LogP contribution in [-0.2, 0) is 11.3 Å². The van der Waals surface area contributed by atoms with E-state index in [4.69, 9.17) is 9.15 Å². The zero-order valence-corrected chi connectivity index (χ0v) is 9.19. The SMILES string of the molecule is CCNCc1nnc(C2CCOC2C)o1. The molecule has 1 fully saturated rings.